The lowest BCUT2D eigenvalue weighted by molar-refractivity contribution is -0.140. The molecule has 0 heterocycles. The second-order valence-corrected chi connectivity index (χ2v) is 4.31. The Kier molecular flexibility index (Phi) is 8.36. The molecule has 2 rings (SSSR count). The first-order valence-corrected chi connectivity index (χ1v) is 7.07. The van der Waals surface area contributed by atoms with Gasteiger partial charge in [0, 0.05) is 18.8 Å². The van der Waals surface area contributed by atoms with Gasteiger partial charge >= 0.3 is 0 Å². The molecule has 0 aliphatic rings. The summed E-state index contributed by atoms with van der Waals surface area (Å²) in [6, 6.07) is 20.2. The van der Waals surface area contributed by atoms with Crippen molar-refractivity contribution in [1.82, 2.24) is 0 Å². The first kappa shape index (κ1) is 16.4. The maximum atomic E-state index is 5.45. The number of aryl methyl sites for hydroxylation is 1. The minimum atomic E-state index is -0.212. The number of hydrogen-bond donors (Lipinski definition) is 0. The molecule has 0 aromatic heterocycles. The van der Waals surface area contributed by atoms with Gasteiger partial charge in [0.2, 0.25) is 0 Å². The van der Waals surface area contributed by atoms with Gasteiger partial charge in [-0.15, -0.1) is 0 Å². The predicted molar refractivity (Wildman–Crippen MR) is 83.6 cm³/mol. The molecule has 0 radical (unpaired) electrons. The van der Waals surface area contributed by atoms with Crippen LogP contribution in [-0.4, -0.2) is 13.2 Å². The fraction of sp³-hybridized carbons (Fsp3) is 0.333. The van der Waals surface area contributed by atoms with Gasteiger partial charge in [-0.05, 0) is 20.8 Å². The Bertz CT molecular complexity index is 433. The number of hydrogen-bond acceptors (Lipinski definition) is 2. The van der Waals surface area contributed by atoms with Crippen LogP contribution in [0.2, 0.25) is 0 Å². The molecule has 0 saturated heterocycles. The van der Waals surface area contributed by atoms with Crippen molar-refractivity contribution in [2.45, 2.75) is 27.1 Å². The topological polar surface area (TPSA) is 18.5 Å². The third-order valence-corrected chi connectivity index (χ3v) is 2.65. The van der Waals surface area contributed by atoms with Crippen LogP contribution in [0.15, 0.2) is 60.7 Å². The van der Waals surface area contributed by atoms with Crippen molar-refractivity contribution in [3.05, 3.63) is 71.8 Å². The molecular weight excluding hydrogens is 248 g/mol. The molecule has 0 bridgehead atoms. The summed E-state index contributed by atoms with van der Waals surface area (Å²) in [5.74, 6) is 0. The second kappa shape index (κ2) is 10.2. The molecule has 2 aromatic rings. The van der Waals surface area contributed by atoms with Gasteiger partial charge in [0.1, 0.15) is 0 Å². The summed E-state index contributed by atoms with van der Waals surface area (Å²) in [7, 11) is 0. The van der Waals surface area contributed by atoms with Gasteiger partial charge in [-0.3, -0.25) is 0 Å². The second-order valence-electron chi connectivity index (χ2n) is 4.31. The van der Waals surface area contributed by atoms with E-state index >= 15 is 0 Å². The van der Waals surface area contributed by atoms with E-state index in [2.05, 4.69) is 19.1 Å². The maximum Gasteiger partial charge on any atom is 0.183 e. The third kappa shape index (κ3) is 6.50. The van der Waals surface area contributed by atoms with Gasteiger partial charge in [-0.2, -0.15) is 0 Å². The van der Waals surface area contributed by atoms with Crippen LogP contribution in [0, 0.1) is 6.92 Å². The van der Waals surface area contributed by atoms with E-state index in [1.54, 1.807) is 0 Å². The van der Waals surface area contributed by atoms with E-state index in [9.17, 15) is 0 Å². The van der Waals surface area contributed by atoms with E-state index in [0.29, 0.717) is 13.2 Å². The van der Waals surface area contributed by atoms with Crippen molar-refractivity contribution in [2.24, 2.45) is 0 Å². The molecule has 0 aliphatic carbocycles. The molecular formula is C18H24O2. The van der Waals surface area contributed by atoms with Gasteiger partial charge in [0.05, 0.1) is 0 Å². The zero-order valence-corrected chi connectivity index (χ0v) is 12.6. The highest BCUT2D eigenvalue weighted by Crippen LogP contribution is 2.17. The average molecular weight is 272 g/mol. The molecule has 0 spiro atoms. The van der Waals surface area contributed by atoms with E-state index < -0.39 is 0 Å². The molecule has 20 heavy (non-hydrogen) atoms. The zero-order valence-electron chi connectivity index (χ0n) is 12.6. The lowest BCUT2D eigenvalue weighted by Gasteiger charge is -2.16. The fourth-order valence-corrected chi connectivity index (χ4v) is 1.69. The van der Waals surface area contributed by atoms with Crippen LogP contribution in [0.25, 0.3) is 0 Å². The fourth-order valence-electron chi connectivity index (χ4n) is 1.69. The summed E-state index contributed by atoms with van der Waals surface area (Å²) in [5, 5.41) is 0. The number of ether oxygens (including phenoxy) is 2. The molecule has 0 aliphatic heterocycles. The molecule has 2 nitrogen and oxygen atoms in total. The van der Waals surface area contributed by atoms with Crippen LogP contribution in [0.4, 0.5) is 0 Å². The Morgan fingerprint density at radius 1 is 0.750 bits per heavy atom. The van der Waals surface area contributed by atoms with Gasteiger partial charge in [-0.1, -0.05) is 66.2 Å². The molecule has 2 aromatic carbocycles. The summed E-state index contributed by atoms with van der Waals surface area (Å²) < 4.78 is 10.9. The maximum absolute atomic E-state index is 5.45. The molecule has 0 saturated carbocycles. The normalized spacial score (nSPS) is 10.0. The smallest absolute Gasteiger partial charge is 0.183 e. The number of benzene rings is 2. The monoisotopic (exact) mass is 272 g/mol. The van der Waals surface area contributed by atoms with Crippen molar-refractivity contribution >= 4 is 0 Å². The molecule has 0 unspecified atom stereocenters. The van der Waals surface area contributed by atoms with Crippen LogP contribution in [0.5, 0.6) is 0 Å². The van der Waals surface area contributed by atoms with E-state index in [0.717, 1.165) is 5.56 Å². The van der Waals surface area contributed by atoms with Gasteiger partial charge in [0.15, 0.2) is 6.29 Å². The summed E-state index contributed by atoms with van der Waals surface area (Å²) in [4.78, 5) is 0. The Labute approximate surface area is 122 Å². The largest absolute Gasteiger partial charge is 0.349 e. The highest BCUT2D eigenvalue weighted by atomic mass is 16.7. The predicted octanol–water partition coefficient (Wildman–Crippen LogP) is 4.75. The lowest BCUT2D eigenvalue weighted by atomic mass is 10.2. The summed E-state index contributed by atoms with van der Waals surface area (Å²) >= 11 is 0. The van der Waals surface area contributed by atoms with Gasteiger partial charge in [0.25, 0.3) is 0 Å². The molecule has 0 fully saturated rings. The third-order valence-electron chi connectivity index (χ3n) is 2.65. The van der Waals surface area contributed by atoms with E-state index in [4.69, 9.17) is 9.47 Å². The Morgan fingerprint density at radius 3 is 1.55 bits per heavy atom. The van der Waals surface area contributed by atoms with Gasteiger partial charge in [-0.25, -0.2) is 0 Å². The van der Waals surface area contributed by atoms with Crippen LogP contribution < -0.4 is 0 Å². The van der Waals surface area contributed by atoms with E-state index in [-0.39, 0.29) is 6.29 Å². The zero-order chi connectivity index (χ0) is 14.6. The molecule has 0 atom stereocenters. The quantitative estimate of drug-likeness (QED) is 0.731. The van der Waals surface area contributed by atoms with Crippen molar-refractivity contribution in [3.63, 3.8) is 0 Å². The summed E-state index contributed by atoms with van der Waals surface area (Å²) in [6.45, 7) is 7.35. The van der Waals surface area contributed by atoms with Crippen molar-refractivity contribution in [3.8, 4) is 0 Å². The molecule has 0 amide bonds. The highest BCUT2D eigenvalue weighted by Gasteiger charge is 2.09. The first-order chi connectivity index (χ1) is 9.77. The minimum absolute atomic E-state index is 0.212. The Hall–Kier alpha value is -1.64. The van der Waals surface area contributed by atoms with Crippen molar-refractivity contribution in [2.75, 3.05) is 13.2 Å². The average Bonchev–Trinajstić information content (AvgIpc) is 2.49. The summed E-state index contributed by atoms with van der Waals surface area (Å²) in [5.41, 5.74) is 2.40. The van der Waals surface area contributed by atoms with Gasteiger partial charge < -0.3 is 9.47 Å². The van der Waals surface area contributed by atoms with Crippen LogP contribution >= 0.6 is 0 Å². The first-order valence-electron chi connectivity index (χ1n) is 7.07. The van der Waals surface area contributed by atoms with E-state index in [1.165, 1.54) is 5.56 Å². The molecule has 108 valence electrons. The number of rotatable bonds is 5. The van der Waals surface area contributed by atoms with E-state index in [1.807, 2.05) is 62.4 Å². The molecule has 0 N–H and O–H groups in total. The van der Waals surface area contributed by atoms with Crippen molar-refractivity contribution < 1.29 is 9.47 Å². The standard InChI is InChI=1S/C11H16O2.C7H8/c1-3-12-11(13-4-2)10-8-6-5-7-9-10;1-7-5-3-2-4-6-7/h5-9,11H,3-4H2,1-2H3;2-6H,1H3. The summed E-state index contributed by atoms with van der Waals surface area (Å²) in [6.07, 6.45) is -0.212. The Morgan fingerprint density at radius 2 is 1.20 bits per heavy atom. The van der Waals surface area contributed by atoms with Crippen LogP contribution in [0.1, 0.15) is 31.3 Å². The highest BCUT2D eigenvalue weighted by molar-refractivity contribution is 5.15. The molecule has 2 heteroatoms. The minimum Gasteiger partial charge on any atom is -0.349 e. The Balaban J connectivity index is 0.000000240. The van der Waals surface area contributed by atoms with Crippen molar-refractivity contribution in [1.29, 1.82) is 0 Å². The van der Waals surface area contributed by atoms with Crippen LogP contribution in [-0.2, 0) is 9.47 Å². The lowest BCUT2D eigenvalue weighted by Crippen LogP contribution is -2.08. The SMILES string of the molecule is CCOC(OCC)c1ccccc1.Cc1ccccc1. The van der Waals surface area contributed by atoms with Crippen LogP contribution in [0.3, 0.4) is 0 Å².